The van der Waals surface area contributed by atoms with E-state index in [0.717, 1.165) is 14.0 Å². The minimum Gasteiger partial charge on any atom is -0.294 e. The summed E-state index contributed by atoms with van der Waals surface area (Å²) in [4.78, 5) is 23.8. The Hall–Kier alpha value is -0.710. The molecular formula is C9H8BrN5OS3. The molecule has 100 valence electrons. The van der Waals surface area contributed by atoms with Crippen molar-refractivity contribution in [2.24, 2.45) is 0 Å². The van der Waals surface area contributed by atoms with E-state index in [9.17, 15) is 4.79 Å². The molecule has 2 heterocycles. The second-order valence-corrected chi connectivity index (χ2v) is 6.77. The molecular weight excluding hydrogens is 370 g/mol. The lowest BCUT2D eigenvalue weighted by molar-refractivity contribution is -0.113. The number of carbonyl (C=O) groups excluding carboxylic acids is 1. The summed E-state index contributed by atoms with van der Waals surface area (Å²) < 4.78 is 5.65. The Labute approximate surface area is 130 Å². The van der Waals surface area contributed by atoms with Crippen LogP contribution < -0.4 is 5.32 Å². The van der Waals surface area contributed by atoms with Gasteiger partial charge >= 0.3 is 0 Å². The van der Waals surface area contributed by atoms with Gasteiger partial charge in [0, 0.05) is 12.4 Å². The van der Waals surface area contributed by atoms with Gasteiger partial charge in [0.1, 0.15) is 0 Å². The Morgan fingerprint density at radius 2 is 2.21 bits per heavy atom. The van der Waals surface area contributed by atoms with Gasteiger partial charge in [0.2, 0.25) is 17.0 Å². The van der Waals surface area contributed by atoms with Crippen LogP contribution in [0, 0.1) is 0 Å². The van der Waals surface area contributed by atoms with E-state index in [1.807, 2.05) is 6.26 Å². The average Bonchev–Trinajstić information content (AvgIpc) is 2.87. The summed E-state index contributed by atoms with van der Waals surface area (Å²) in [6.45, 7) is 0. The number of thioether (sulfide) groups is 2. The van der Waals surface area contributed by atoms with E-state index in [-0.39, 0.29) is 17.6 Å². The second kappa shape index (κ2) is 7.17. The zero-order valence-electron chi connectivity index (χ0n) is 9.66. The highest BCUT2D eigenvalue weighted by molar-refractivity contribution is 9.10. The van der Waals surface area contributed by atoms with Crippen molar-refractivity contribution in [3.8, 4) is 0 Å². The molecule has 0 atom stereocenters. The van der Waals surface area contributed by atoms with E-state index in [1.54, 1.807) is 12.4 Å². The van der Waals surface area contributed by atoms with Crippen molar-refractivity contribution in [1.82, 2.24) is 19.3 Å². The number of rotatable bonds is 5. The first kappa shape index (κ1) is 14.7. The zero-order valence-corrected chi connectivity index (χ0v) is 13.7. The Balaban J connectivity index is 1.82. The first-order chi connectivity index (χ1) is 9.17. The number of nitrogens with zero attached hydrogens (tertiary/aromatic N) is 4. The summed E-state index contributed by atoms with van der Waals surface area (Å²) in [5.41, 5.74) is 0. The molecule has 0 saturated heterocycles. The fraction of sp³-hybridized carbons (Fsp3) is 0.222. The fourth-order valence-electron chi connectivity index (χ4n) is 1.00. The van der Waals surface area contributed by atoms with Gasteiger partial charge in [0.15, 0.2) is 4.34 Å². The molecule has 0 aromatic carbocycles. The van der Waals surface area contributed by atoms with Crippen molar-refractivity contribution < 1.29 is 4.79 Å². The van der Waals surface area contributed by atoms with Crippen molar-refractivity contribution in [2.75, 3.05) is 17.3 Å². The maximum absolute atomic E-state index is 11.7. The minimum absolute atomic E-state index is 0.173. The topological polar surface area (TPSA) is 80.7 Å². The molecule has 10 heteroatoms. The van der Waals surface area contributed by atoms with Gasteiger partial charge in [-0.15, -0.1) is 0 Å². The Morgan fingerprint density at radius 1 is 1.47 bits per heavy atom. The summed E-state index contributed by atoms with van der Waals surface area (Å²) in [6, 6.07) is 0. The molecule has 0 bridgehead atoms. The standard InChI is InChI=1S/C9H8BrN5OS3/c1-17-8-14-9(19-15-8)18-4-6(16)13-7-11-2-5(10)3-12-7/h2-3H,4H2,1H3,(H,11,12,13,16). The average molecular weight is 378 g/mol. The molecule has 2 rings (SSSR count). The molecule has 1 amide bonds. The monoisotopic (exact) mass is 377 g/mol. The van der Waals surface area contributed by atoms with Crippen molar-refractivity contribution >= 4 is 62.8 Å². The van der Waals surface area contributed by atoms with Crippen LogP contribution in [-0.2, 0) is 4.79 Å². The van der Waals surface area contributed by atoms with Gasteiger partial charge in [-0.25, -0.2) is 15.0 Å². The molecule has 0 fully saturated rings. The van der Waals surface area contributed by atoms with Crippen LogP contribution in [0.2, 0.25) is 0 Å². The van der Waals surface area contributed by atoms with Crippen molar-refractivity contribution in [2.45, 2.75) is 9.50 Å². The normalized spacial score (nSPS) is 10.4. The first-order valence-corrected chi connectivity index (χ1v) is 8.73. The summed E-state index contributed by atoms with van der Waals surface area (Å²) in [7, 11) is 0. The molecule has 0 saturated carbocycles. The van der Waals surface area contributed by atoms with Crippen LogP contribution in [0.1, 0.15) is 0 Å². The van der Waals surface area contributed by atoms with Crippen molar-refractivity contribution in [3.05, 3.63) is 16.9 Å². The summed E-state index contributed by atoms with van der Waals surface area (Å²) in [5.74, 6) is 0.367. The second-order valence-electron chi connectivity index (χ2n) is 3.11. The van der Waals surface area contributed by atoms with Gasteiger partial charge in [-0.05, 0) is 33.7 Å². The summed E-state index contributed by atoms with van der Waals surface area (Å²) in [6.07, 6.45) is 5.06. The number of carbonyl (C=O) groups is 1. The molecule has 0 aliphatic carbocycles. The van der Waals surface area contributed by atoms with Crippen LogP contribution in [0.4, 0.5) is 5.95 Å². The SMILES string of the molecule is CSc1nsc(SCC(=O)Nc2ncc(Br)cn2)n1. The van der Waals surface area contributed by atoms with Crippen LogP contribution >= 0.6 is 51.0 Å². The number of halogens is 1. The first-order valence-electron chi connectivity index (χ1n) is 4.95. The fourth-order valence-corrected chi connectivity index (χ4v) is 3.22. The maximum Gasteiger partial charge on any atom is 0.237 e. The Morgan fingerprint density at radius 3 is 2.84 bits per heavy atom. The third-order valence-corrected chi connectivity index (χ3v) is 4.68. The van der Waals surface area contributed by atoms with Crippen LogP contribution in [0.3, 0.4) is 0 Å². The maximum atomic E-state index is 11.7. The van der Waals surface area contributed by atoms with Gasteiger partial charge < -0.3 is 0 Å². The van der Waals surface area contributed by atoms with Gasteiger partial charge in [-0.3, -0.25) is 10.1 Å². The molecule has 0 unspecified atom stereocenters. The molecule has 0 spiro atoms. The van der Waals surface area contributed by atoms with E-state index < -0.39 is 0 Å². The quantitative estimate of drug-likeness (QED) is 0.801. The minimum atomic E-state index is -0.173. The summed E-state index contributed by atoms with van der Waals surface area (Å²) in [5, 5.41) is 3.33. The molecule has 0 aliphatic rings. The van der Waals surface area contributed by atoms with E-state index in [0.29, 0.717) is 0 Å². The lowest BCUT2D eigenvalue weighted by Crippen LogP contribution is -2.15. The highest BCUT2D eigenvalue weighted by atomic mass is 79.9. The predicted octanol–water partition coefficient (Wildman–Crippen LogP) is 2.54. The smallest absolute Gasteiger partial charge is 0.237 e. The predicted molar refractivity (Wildman–Crippen MR) is 80.8 cm³/mol. The molecule has 0 radical (unpaired) electrons. The highest BCUT2D eigenvalue weighted by Gasteiger charge is 2.08. The van der Waals surface area contributed by atoms with Crippen LogP contribution in [0.25, 0.3) is 0 Å². The van der Waals surface area contributed by atoms with Crippen molar-refractivity contribution in [1.29, 1.82) is 0 Å². The zero-order chi connectivity index (χ0) is 13.7. The molecule has 6 nitrogen and oxygen atoms in total. The van der Waals surface area contributed by atoms with Gasteiger partial charge in [-0.2, -0.15) is 4.37 Å². The lowest BCUT2D eigenvalue weighted by atomic mass is 10.6. The number of aromatic nitrogens is 4. The third kappa shape index (κ3) is 4.71. The van der Waals surface area contributed by atoms with Crippen molar-refractivity contribution in [3.63, 3.8) is 0 Å². The number of hydrogen-bond donors (Lipinski definition) is 1. The van der Waals surface area contributed by atoms with E-state index in [1.165, 1.54) is 35.1 Å². The van der Waals surface area contributed by atoms with E-state index in [2.05, 4.69) is 40.6 Å². The molecule has 2 aromatic rings. The van der Waals surface area contributed by atoms with Gasteiger partial charge in [0.25, 0.3) is 0 Å². The molecule has 2 aromatic heterocycles. The lowest BCUT2D eigenvalue weighted by Gasteiger charge is -2.01. The van der Waals surface area contributed by atoms with Crippen LogP contribution in [0.15, 0.2) is 26.4 Å². The number of nitrogens with one attached hydrogen (secondary N) is 1. The third-order valence-electron chi connectivity index (χ3n) is 1.77. The Kier molecular flexibility index (Phi) is 5.55. The number of amides is 1. The largest absolute Gasteiger partial charge is 0.294 e. The highest BCUT2D eigenvalue weighted by Crippen LogP contribution is 2.23. The van der Waals surface area contributed by atoms with Crippen LogP contribution in [0.5, 0.6) is 0 Å². The Bertz CT molecular complexity index is 561. The van der Waals surface area contributed by atoms with E-state index >= 15 is 0 Å². The summed E-state index contributed by atoms with van der Waals surface area (Å²) >= 11 is 7.33. The van der Waals surface area contributed by atoms with Gasteiger partial charge in [-0.1, -0.05) is 23.5 Å². The molecule has 1 N–H and O–H groups in total. The van der Waals surface area contributed by atoms with Crippen LogP contribution in [-0.4, -0.2) is 37.2 Å². The molecule has 19 heavy (non-hydrogen) atoms. The molecule has 0 aliphatic heterocycles. The van der Waals surface area contributed by atoms with Gasteiger partial charge in [0.05, 0.1) is 10.2 Å². The number of anilines is 1. The van der Waals surface area contributed by atoms with E-state index in [4.69, 9.17) is 0 Å². The number of hydrogen-bond acceptors (Lipinski definition) is 8.